The molecule has 0 saturated carbocycles. The Bertz CT molecular complexity index is 350. The summed E-state index contributed by atoms with van der Waals surface area (Å²) in [5.41, 5.74) is 0.582. The molecule has 0 fully saturated rings. The van der Waals surface area contributed by atoms with Gasteiger partial charge in [0.05, 0.1) is 18.0 Å². The predicted octanol–water partition coefficient (Wildman–Crippen LogP) is 2.15. The van der Waals surface area contributed by atoms with Gasteiger partial charge in [0.25, 0.3) is 0 Å². The highest BCUT2D eigenvalue weighted by Gasteiger charge is 1.98. The Hall–Kier alpha value is -1.14. The van der Waals surface area contributed by atoms with E-state index in [0.717, 1.165) is 0 Å². The Kier molecular flexibility index (Phi) is 3.66. The largest absolute Gasteiger partial charge is 0.507 e. The first-order valence-electron chi connectivity index (χ1n) is 3.69. The second-order valence-electron chi connectivity index (χ2n) is 2.32. The molecule has 0 amide bonds. The zero-order valence-electron chi connectivity index (χ0n) is 7.17. The average Bonchev–Trinajstić information content (AvgIpc) is 2.17. The van der Waals surface area contributed by atoms with Crippen LogP contribution in [0.3, 0.4) is 0 Å². The van der Waals surface area contributed by atoms with Crippen LogP contribution < -0.4 is 4.74 Å². The van der Waals surface area contributed by atoms with Gasteiger partial charge in [-0.15, -0.1) is 0 Å². The summed E-state index contributed by atoms with van der Waals surface area (Å²) in [6.07, 6.45) is 0. The molecule has 1 N–H and O–H groups in total. The van der Waals surface area contributed by atoms with Crippen molar-refractivity contribution in [3.8, 4) is 23.3 Å². The van der Waals surface area contributed by atoms with Crippen LogP contribution in [0.2, 0.25) is 0 Å². The first-order valence-corrected chi connectivity index (χ1v) is 4.82. The lowest BCUT2D eigenvalue weighted by Crippen LogP contribution is -1.84. The fourth-order valence-corrected chi connectivity index (χ4v) is 1.01. The summed E-state index contributed by atoms with van der Waals surface area (Å²) in [5.74, 6) is 6.48. The van der Waals surface area contributed by atoms with Crippen molar-refractivity contribution in [1.82, 2.24) is 0 Å². The van der Waals surface area contributed by atoms with E-state index in [9.17, 15) is 5.11 Å². The van der Waals surface area contributed by atoms with E-state index in [0.29, 0.717) is 16.6 Å². The van der Waals surface area contributed by atoms with Crippen LogP contribution in [0.25, 0.3) is 0 Å². The number of halogens is 1. The molecule has 0 unspecified atom stereocenters. The third-order valence-electron chi connectivity index (χ3n) is 1.49. The highest BCUT2D eigenvalue weighted by atomic mass is 79.9. The smallest absolute Gasteiger partial charge is 0.131 e. The van der Waals surface area contributed by atoms with E-state index < -0.39 is 0 Å². The standard InChI is InChI=1S/C10H9BrO2/c1-13-9-4-5-10(12)8(7-9)3-2-6-11/h4-5,7,12H,6H2,1H3. The van der Waals surface area contributed by atoms with Gasteiger partial charge in [0.15, 0.2) is 0 Å². The molecule has 0 radical (unpaired) electrons. The maximum Gasteiger partial charge on any atom is 0.131 e. The van der Waals surface area contributed by atoms with Gasteiger partial charge in [-0.1, -0.05) is 27.8 Å². The zero-order valence-corrected chi connectivity index (χ0v) is 8.76. The number of hydrogen-bond donors (Lipinski definition) is 1. The van der Waals surface area contributed by atoms with Crippen molar-refractivity contribution >= 4 is 15.9 Å². The van der Waals surface area contributed by atoms with E-state index in [2.05, 4.69) is 27.8 Å². The predicted molar refractivity (Wildman–Crippen MR) is 55.3 cm³/mol. The van der Waals surface area contributed by atoms with E-state index in [1.807, 2.05) is 0 Å². The number of alkyl halides is 1. The number of phenolic OH excluding ortho intramolecular Hbond substituents is 1. The van der Waals surface area contributed by atoms with Crippen LogP contribution in [-0.2, 0) is 0 Å². The van der Waals surface area contributed by atoms with Crippen molar-refractivity contribution in [2.24, 2.45) is 0 Å². The molecule has 0 saturated heterocycles. The molecule has 68 valence electrons. The number of benzene rings is 1. The second kappa shape index (κ2) is 4.78. The van der Waals surface area contributed by atoms with Crippen LogP contribution in [0.15, 0.2) is 18.2 Å². The molecule has 0 heterocycles. The summed E-state index contributed by atoms with van der Waals surface area (Å²) in [5, 5.41) is 9.97. The van der Waals surface area contributed by atoms with Gasteiger partial charge in [-0.2, -0.15) is 0 Å². The Balaban J connectivity index is 3.04. The molecule has 0 spiro atoms. The van der Waals surface area contributed by atoms with Crippen LogP contribution in [0, 0.1) is 11.8 Å². The van der Waals surface area contributed by atoms with Crippen LogP contribution in [0.1, 0.15) is 5.56 Å². The SMILES string of the molecule is COc1ccc(O)c(C#CCBr)c1. The van der Waals surface area contributed by atoms with Crippen molar-refractivity contribution in [2.75, 3.05) is 12.4 Å². The van der Waals surface area contributed by atoms with E-state index in [4.69, 9.17) is 4.74 Å². The van der Waals surface area contributed by atoms with Crippen molar-refractivity contribution in [2.45, 2.75) is 0 Å². The quantitative estimate of drug-likeness (QED) is 0.603. The topological polar surface area (TPSA) is 29.5 Å². The summed E-state index contributed by atoms with van der Waals surface area (Å²) >= 11 is 3.18. The van der Waals surface area contributed by atoms with E-state index in [-0.39, 0.29) is 5.75 Å². The molecule has 0 aliphatic heterocycles. The Morgan fingerprint density at radius 2 is 2.31 bits per heavy atom. The average molecular weight is 241 g/mol. The molecule has 3 heteroatoms. The minimum Gasteiger partial charge on any atom is -0.507 e. The molecule has 1 aromatic carbocycles. The Morgan fingerprint density at radius 1 is 1.54 bits per heavy atom. The number of rotatable bonds is 1. The van der Waals surface area contributed by atoms with E-state index in [1.54, 1.807) is 25.3 Å². The molecule has 1 aromatic rings. The van der Waals surface area contributed by atoms with Crippen molar-refractivity contribution in [1.29, 1.82) is 0 Å². The van der Waals surface area contributed by atoms with Crippen LogP contribution >= 0.6 is 15.9 Å². The molecule has 13 heavy (non-hydrogen) atoms. The van der Waals surface area contributed by atoms with Crippen molar-refractivity contribution < 1.29 is 9.84 Å². The van der Waals surface area contributed by atoms with Gasteiger partial charge in [0.1, 0.15) is 11.5 Å². The summed E-state index contributed by atoms with van der Waals surface area (Å²) < 4.78 is 5.00. The highest BCUT2D eigenvalue weighted by molar-refractivity contribution is 9.09. The zero-order chi connectivity index (χ0) is 9.68. The maximum atomic E-state index is 9.38. The maximum absolute atomic E-state index is 9.38. The molecule has 0 aromatic heterocycles. The first kappa shape index (κ1) is 9.94. The van der Waals surface area contributed by atoms with Gasteiger partial charge in [-0.3, -0.25) is 0 Å². The highest BCUT2D eigenvalue weighted by Crippen LogP contribution is 2.21. The molecule has 2 nitrogen and oxygen atoms in total. The van der Waals surface area contributed by atoms with Crippen LogP contribution in [0.4, 0.5) is 0 Å². The minimum absolute atomic E-state index is 0.175. The first-order chi connectivity index (χ1) is 6.27. The molecule has 0 bridgehead atoms. The fraction of sp³-hybridized carbons (Fsp3) is 0.200. The normalized spacial score (nSPS) is 8.77. The molecule has 0 aliphatic rings. The Morgan fingerprint density at radius 3 is 2.92 bits per heavy atom. The number of methoxy groups -OCH3 is 1. The molecular formula is C10H9BrO2. The summed E-state index contributed by atoms with van der Waals surface area (Å²) in [4.78, 5) is 0. The Labute approximate surface area is 85.7 Å². The number of aromatic hydroxyl groups is 1. The van der Waals surface area contributed by atoms with Gasteiger partial charge in [-0.05, 0) is 18.2 Å². The van der Waals surface area contributed by atoms with Crippen molar-refractivity contribution in [3.05, 3.63) is 23.8 Å². The third kappa shape index (κ3) is 2.67. The van der Waals surface area contributed by atoms with Gasteiger partial charge in [0.2, 0.25) is 0 Å². The lowest BCUT2D eigenvalue weighted by molar-refractivity contribution is 0.412. The number of phenols is 1. The number of ether oxygens (including phenoxy) is 1. The molecule has 1 rings (SSSR count). The summed E-state index contributed by atoms with van der Waals surface area (Å²) in [6, 6.07) is 4.96. The van der Waals surface area contributed by atoms with Gasteiger partial charge < -0.3 is 9.84 Å². The molecule has 0 aliphatic carbocycles. The van der Waals surface area contributed by atoms with E-state index >= 15 is 0 Å². The minimum atomic E-state index is 0.175. The van der Waals surface area contributed by atoms with Crippen molar-refractivity contribution in [3.63, 3.8) is 0 Å². The summed E-state index contributed by atoms with van der Waals surface area (Å²) in [6.45, 7) is 0. The van der Waals surface area contributed by atoms with Gasteiger partial charge >= 0.3 is 0 Å². The lowest BCUT2D eigenvalue weighted by Gasteiger charge is -2.01. The fourth-order valence-electron chi connectivity index (χ4n) is 0.871. The lowest BCUT2D eigenvalue weighted by atomic mass is 10.2. The number of hydrogen-bond acceptors (Lipinski definition) is 2. The van der Waals surface area contributed by atoms with Crippen LogP contribution in [-0.4, -0.2) is 17.5 Å². The van der Waals surface area contributed by atoms with Crippen LogP contribution in [0.5, 0.6) is 11.5 Å². The van der Waals surface area contributed by atoms with E-state index in [1.165, 1.54) is 0 Å². The van der Waals surface area contributed by atoms with Gasteiger partial charge in [0, 0.05) is 0 Å². The van der Waals surface area contributed by atoms with Gasteiger partial charge in [-0.25, -0.2) is 0 Å². The monoisotopic (exact) mass is 240 g/mol. The molecule has 0 atom stereocenters. The molecular weight excluding hydrogens is 232 g/mol. The summed E-state index contributed by atoms with van der Waals surface area (Å²) in [7, 11) is 1.58. The third-order valence-corrected chi connectivity index (χ3v) is 1.77. The second-order valence-corrected chi connectivity index (χ2v) is 2.88.